The summed E-state index contributed by atoms with van der Waals surface area (Å²) in [5.74, 6) is 0.832. The molecule has 0 aliphatic heterocycles. The Kier molecular flexibility index (Phi) is 3.58. The summed E-state index contributed by atoms with van der Waals surface area (Å²) in [6.45, 7) is 0. The molecule has 0 aliphatic rings. The van der Waals surface area contributed by atoms with E-state index in [9.17, 15) is 10.1 Å². The maximum Gasteiger partial charge on any atom is 0.312 e. The molecule has 0 bridgehead atoms. The number of benzene rings is 2. The molecule has 0 unspecified atom stereocenters. The number of nitrogens with zero attached hydrogens (tertiary/aromatic N) is 1. The normalized spacial score (nSPS) is 9.94. The third-order valence-corrected chi connectivity index (χ3v) is 2.76. The Morgan fingerprint density at radius 1 is 1.12 bits per heavy atom. The molecule has 2 rings (SSSR count). The van der Waals surface area contributed by atoms with Crippen LogP contribution in [0.15, 0.2) is 48.5 Å². The highest BCUT2D eigenvalue weighted by Crippen LogP contribution is 2.32. The molecule has 2 aromatic carbocycles. The molecule has 0 atom stereocenters. The summed E-state index contributed by atoms with van der Waals surface area (Å²) in [5.41, 5.74) is -0.0271. The highest BCUT2D eigenvalue weighted by Gasteiger charge is 2.15. The number of rotatable bonds is 3. The number of nitro benzene ring substituents is 1. The van der Waals surface area contributed by atoms with Gasteiger partial charge in [0.25, 0.3) is 0 Å². The van der Waals surface area contributed by atoms with Crippen LogP contribution in [-0.2, 0) is 0 Å². The van der Waals surface area contributed by atoms with E-state index in [1.807, 2.05) is 40.8 Å². The Balaban J connectivity index is 2.36. The molecule has 5 heteroatoms. The summed E-state index contributed by atoms with van der Waals surface area (Å²) in [5, 5.41) is 10.9. The van der Waals surface area contributed by atoms with Crippen LogP contribution in [-0.4, -0.2) is 4.92 Å². The van der Waals surface area contributed by atoms with Crippen molar-refractivity contribution in [2.24, 2.45) is 0 Å². The standard InChI is InChI=1S/C12H8INO3/c13-9-6-7-12(11(8-9)14(15)16)17-10-4-2-1-3-5-10/h1-8H. The first-order chi connectivity index (χ1) is 8.16. The van der Waals surface area contributed by atoms with Gasteiger partial charge in [0.2, 0.25) is 5.75 Å². The van der Waals surface area contributed by atoms with Crippen molar-refractivity contribution in [3.8, 4) is 11.5 Å². The van der Waals surface area contributed by atoms with Gasteiger partial charge in [-0.1, -0.05) is 18.2 Å². The van der Waals surface area contributed by atoms with Crippen LogP contribution in [0.3, 0.4) is 0 Å². The van der Waals surface area contributed by atoms with E-state index in [-0.39, 0.29) is 11.4 Å². The molecular weight excluding hydrogens is 333 g/mol. The van der Waals surface area contributed by atoms with Gasteiger partial charge in [0.1, 0.15) is 5.75 Å². The number of hydrogen-bond acceptors (Lipinski definition) is 3. The fraction of sp³-hybridized carbons (Fsp3) is 0. The minimum absolute atomic E-state index is 0.0271. The highest BCUT2D eigenvalue weighted by molar-refractivity contribution is 14.1. The van der Waals surface area contributed by atoms with E-state index >= 15 is 0 Å². The molecule has 0 amide bonds. The molecule has 0 radical (unpaired) electrons. The topological polar surface area (TPSA) is 52.4 Å². The highest BCUT2D eigenvalue weighted by atomic mass is 127. The quantitative estimate of drug-likeness (QED) is 0.482. The van der Waals surface area contributed by atoms with Gasteiger partial charge in [-0.3, -0.25) is 10.1 Å². The van der Waals surface area contributed by atoms with Crippen molar-refractivity contribution >= 4 is 28.3 Å². The second kappa shape index (κ2) is 5.13. The Morgan fingerprint density at radius 2 is 1.82 bits per heavy atom. The van der Waals surface area contributed by atoms with Gasteiger partial charge in [-0.15, -0.1) is 0 Å². The van der Waals surface area contributed by atoms with E-state index in [1.54, 1.807) is 24.3 Å². The first-order valence-electron chi connectivity index (χ1n) is 4.83. The van der Waals surface area contributed by atoms with E-state index in [0.717, 1.165) is 3.57 Å². The first kappa shape index (κ1) is 11.8. The summed E-state index contributed by atoms with van der Waals surface area (Å²) in [4.78, 5) is 10.4. The van der Waals surface area contributed by atoms with Crippen molar-refractivity contribution < 1.29 is 9.66 Å². The number of halogens is 1. The summed E-state index contributed by atoms with van der Waals surface area (Å²) in [6, 6.07) is 13.8. The maximum atomic E-state index is 10.9. The zero-order valence-corrected chi connectivity index (χ0v) is 10.8. The third-order valence-electron chi connectivity index (χ3n) is 2.09. The van der Waals surface area contributed by atoms with Crippen molar-refractivity contribution in [1.29, 1.82) is 0 Å². The zero-order chi connectivity index (χ0) is 12.3. The van der Waals surface area contributed by atoms with E-state index < -0.39 is 4.92 Å². The molecule has 0 fully saturated rings. The summed E-state index contributed by atoms with van der Waals surface area (Å²) < 4.78 is 6.28. The van der Waals surface area contributed by atoms with Crippen molar-refractivity contribution in [3.63, 3.8) is 0 Å². The number of para-hydroxylation sites is 1. The van der Waals surface area contributed by atoms with Crippen LogP contribution in [0.4, 0.5) is 5.69 Å². The molecule has 17 heavy (non-hydrogen) atoms. The van der Waals surface area contributed by atoms with Gasteiger partial charge in [-0.25, -0.2) is 0 Å². The molecule has 0 heterocycles. The maximum absolute atomic E-state index is 10.9. The molecule has 2 aromatic rings. The van der Waals surface area contributed by atoms with Gasteiger partial charge in [0.15, 0.2) is 0 Å². The van der Waals surface area contributed by atoms with Crippen molar-refractivity contribution in [2.45, 2.75) is 0 Å². The second-order valence-electron chi connectivity index (χ2n) is 3.28. The number of ether oxygens (including phenoxy) is 1. The van der Waals surface area contributed by atoms with Gasteiger partial charge in [-0.2, -0.15) is 0 Å². The van der Waals surface area contributed by atoms with Crippen molar-refractivity contribution in [1.82, 2.24) is 0 Å². The van der Waals surface area contributed by atoms with E-state index in [1.165, 1.54) is 6.07 Å². The lowest BCUT2D eigenvalue weighted by Crippen LogP contribution is -1.93. The van der Waals surface area contributed by atoms with Crippen LogP contribution in [0.25, 0.3) is 0 Å². The lowest BCUT2D eigenvalue weighted by Gasteiger charge is -2.06. The van der Waals surface area contributed by atoms with Crippen LogP contribution in [0.2, 0.25) is 0 Å². The second-order valence-corrected chi connectivity index (χ2v) is 4.53. The SMILES string of the molecule is O=[N+]([O-])c1cc(I)ccc1Oc1ccccc1. The van der Waals surface area contributed by atoms with Gasteiger partial charge in [-0.05, 0) is 46.9 Å². The molecule has 0 saturated carbocycles. The average Bonchev–Trinajstić information content (AvgIpc) is 2.32. The lowest BCUT2D eigenvalue weighted by molar-refractivity contribution is -0.385. The molecule has 0 aliphatic carbocycles. The first-order valence-corrected chi connectivity index (χ1v) is 5.91. The molecule has 0 N–H and O–H groups in total. The Hall–Kier alpha value is -1.63. The summed E-state index contributed by atoms with van der Waals surface area (Å²) >= 11 is 2.03. The third kappa shape index (κ3) is 2.94. The minimum atomic E-state index is -0.444. The monoisotopic (exact) mass is 341 g/mol. The summed E-state index contributed by atoms with van der Waals surface area (Å²) in [7, 11) is 0. The van der Waals surface area contributed by atoms with Crippen molar-refractivity contribution in [3.05, 3.63) is 62.2 Å². The molecule has 0 spiro atoms. The predicted octanol–water partition coefficient (Wildman–Crippen LogP) is 3.99. The summed E-state index contributed by atoms with van der Waals surface area (Å²) in [6.07, 6.45) is 0. The molecule has 4 nitrogen and oxygen atoms in total. The van der Waals surface area contributed by atoms with Crippen LogP contribution in [0.5, 0.6) is 11.5 Å². The smallest absolute Gasteiger partial charge is 0.312 e. The number of hydrogen-bond donors (Lipinski definition) is 0. The minimum Gasteiger partial charge on any atom is -0.450 e. The molecule has 0 saturated heterocycles. The van der Waals surface area contributed by atoms with Crippen LogP contribution < -0.4 is 4.74 Å². The van der Waals surface area contributed by atoms with E-state index in [2.05, 4.69) is 0 Å². The Labute approximate surface area is 112 Å². The average molecular weight is 341 g/mol. The zero-order valence-electron chi connectivity index (χ0n) is 8.67. The Bertz CT molecular complexity index is 543. The Morgan fingerprint density at radius 3 is 2.47 bits per heavy atom. The van der Waals surface area contributed by atoms with Gasteiger partial charge >= 0.3 is 5.69 Å². The van der Waals surface area contributed by atoms with Gasteiger partial charge in [0.05, 0.1) is 4.92 Å². The lowest BCUT2D eigenvalue weighted by atomic mass is 10.3. The molecule has 86 valence electrons. The van der Waals surface area contributed by atoms with Crippen LogP contribution in [0, 0.1) is 13.7 Å². The van der Waals surface area contributed by atoms with E-state index in [4.69, 9.17) is 4.74 Å². The largest absolute Gasteiger partial charge is 0.450 e. The fourth-order valence-corrected chi connectivity index (χ4v) is 1.81. The van der Waals surface area contributed by atoms with Crippen molar-refractivity contribution in [2.75, 3.05) is 0 Å². The number of nitro groups is 1. The van der Waals surface area contributed by atoms with Crippen LogP contribution in [0.1, 0.15) is 0 Å². The molecule has 0 aromatic heterocycles. The van der Waals surface area contributed by atoms with Crippen LogP contribution >= 0.6 is 22.6 Å². The molecular formula is C12H8INO3. The van der Waals surface area contributed by atoms with Gasteiger partial charge in [0, 0.05) is 9.64 Å². The fourth-order valence-electron chi connectivity index (χ4n) is 1.34. The van der Waals surface area contributed by atoms with Gasteiger partial charge < -0.3 is 4.74 Å². The van der Waals surface area contributed by atoms with E-state index in [0.29, 0.717) is 5.75 Å². The predicted molar refractivity (Wildman–Crippen MR) is 72.3 cm³/mol.